The molecule has 0 fully saturated rings. The number of hydrogen-bond acceptors (Lipinski definition) is 4. The highest BCUT2D eigenvalue weighted by Crippen LogP contribution is 2.38. The summed E-state index contributed by atoms with van der Waals surface area (Å²) in [7, 11) is -4.10. The summed E-state index contributed by atoms with van der Waals surface area (Å²) in [6.45, 7) is -0.328. The van der Waals surface area contributed by atoms with Gasteiger partial charge in [-0.1, -0.05) is 18.2 Å². The Balaban J connectivity index is 2.14. The summed E-state index contributed by atoms with van der Waals surface area (Å²) < 4.78 is 81.7. The van der Waals surface area contributed by atoms with Crippen molar-refractivity contribution in [2.75, 3.05) is 6.26 Å². The number of nitrogens with zero attached hydrogens (tertiary/aromatic N) is 1. The number of aromatic amines is 1. The Kier molecular flexibility index (Phi) is 6.01. The highest BCUT2D eigenvalue weighted by Gasteiger charge is 2.33. The SMILES string of the molecule is CS(=O)(=O)NC(=O)c1c(-c2ccc[nH]c2=O)c2cc(C(F)(F)F)ccc2n1Cc1ccccc1F. The average molecular weight is 507 g/mol. The molecule has 2 N–H and O–H groups in total. The Morgan fingerprint density at radius 3 is 2.43 bits per heavy atom. The van der Waals surface area contributed by atoms with Gasteiger partial charge in [-0.05, 0) is 36.4 Å². The summed E-state index contributed by atoms with van der Waals surface area (Å²) >= 11 is 0. The molecule has 7 nitrogen and oxygen atoms in total. The number of nitrogens with one attached hydrogen (secondary N) is 2. The molecule has 4 aromatic rings. The number of carbonyl (C=O) groups excluding carboxylic acids is 1. The van der Waals surface area contributed by atoms with E-state index >= 15 is 0 Å². The average Bonchev–Trinajstić information content (AvgIpc) is 3.07. The number of carbonyl (C=O) groups is 1. The van der Waals surface area contributed by atoms with E-state index in [1.807, 2.05) is 0 Å². The molecule has 0 saturated carbocycles. The van der Waals surface area contributed by atoms with Crippen LogP contribution < -0.4 is 10.3 Å². The number of alkyl halides is 3. The van der Waals surface area contributed by atoms with Crippen molar-refractivity contribution in [1.29, 1.82) is 0 Å². The molecular weight excluding hydrogens is 490 g/mol. The maximum absolute atomic E-state index is 14.5. The Bertz CT molecular complexity index is 1620. The van der Waals surface area contributed by atoms with Gasteiger partial charge in [0.1, 0.15) is 11.5 Å². The molecule has 0 aliphatic rings. The van der Waals surface area contributed by atoms with Crippen LogP contribution in [0.2, 0.25) is 0 Å². The van der Waals surface area contributed by atoms with Gasteiger partial charge in [0.05, 0.1) is 18.4 Å². The topological polar surface area (TPSA) is 101 Å². The zero-order chi connectivity index (χ0) is 25.5. The molecular formula is C23H17F4N3O4S. The molecule has 4 rings (SSSR count). The predicted octanol–water partition coefficient (Wildman–Crippen LogP) is 3.89. The highest BCUT2D eigenvalue weighted by molar-refractivity contribution is 7.89. The Morgan fingerprint density at radius 1 is 1.09 bits per heavy atom. The quantitative estimate of drug-likeness (QED) is 0.400. The van der Waals surface area contributed by atoms with Crippen LogP contribution in [0.5, 0.6) is 0 Å². The third kappa shape index (κ3) is 4.83. The number of benzene rings is 2. The monoisotopic (exact) mass is 507 g/mol. The maximum atomic E-state index is 14.5. The van der Waals surface area contributed by atoms with E-state index in [2.05, 4.69) is 4.98 Å². The highest BCUT2D eigenvalue weighted by atomic mass is 32.2. The number of hydrogen-bond donors (Lipinski definition) is 2. The summed E-state index contributed by atoms with van der Waals surface area (Å²) in [5, 5.41) is -0.133. The molecule has 0 spiro atoms. The van der Waals surface area contributed by atoms with E-state index in [0.29, 0.717) is 0 Å². The number of rotatable bonds is 5. The van der Waals surface area contributed by atoms with Gasteiger partial charge in [0.25, 0.3) is 11.5 Å². The van der Waals surface area contributed by atoms with E-state index in [-0.39, 0.29) is 34.1 Å². The largest absolute Gasteiger partial charge is 0.416 e. The third-order valence-electron chi connectivity index (χ3n) is 5.26. The van der Waals surface area contributed by atoms with E-state index in [0.717, 1.165) is 24.5 Å². The van der Waals surface area contributed by atoms with Crippen LogP contribution in [0.25, 0.3) is 22.0 Å². The van der Waals surface area contributed by atoms with Crippen LogP contribution in [0.4, 0.5) is 17.6 Å². The minimum absolute atomic E-state index is 0.0677. The van der Waals surface area contributed by atoms with Crippen LogP contribution in [-0.2, 0) is 22.7 Å². The van der Waals surface area contributed by atoms with Crippen molar-refractivity contribution in [3.05, 3.63) is 93.8 Å². The van der Waals surface area contributed by atoms with Crippen LogP contribution >= 0.6 is 0 Å². The van der Waals surface area contributed by atoms with Crippen LogP contribution in [0, 0.1) is 5.82 Å². The van der Waals surface area contributed by atoms with E-state index in [9.17, 15) is 35.6 Å². The number of sulfonamides is 1. The minimum Gasteiger partial charge on any atom is -0.331 e. The van der Waals surface area contributed by atoms with E-state index in [1.165, 1.54) is 47.2 Å². The maximum Gasteiger partial charge on any atom is 0.416 e. The van der Waals surface area contributed by atoms with Crippen molar-refractivity contribution in [2.24, 2.45) is 0 Å². The number of pyridine rings is 1. The van der Waals surface area contributed by atoms with Crippen molar-refractivity contribution in [3.63, 3.8) is 0 Å². The first-order valence-corrected chi connectivity index (χ1v) is 11.9. The molecule has 1 amide bonds. The number of H-pyrrole nitrogens is 1. The zero-order valence-electron chi connectivity index (χ0n) is 18.0. The molecule has 2 aromatic heterocycles. The fraction of sp³-hybridized carbons (Fsp3) is 0.130. The van der Waals surface area contributed by atoms with Gasteiger partial charge in [-0.2, -0.15) is 13.2 Å². The number of aromatic nitrogens is 2. The number of halogens is 4. The summed E-state index contributed by atoms with van der Waals surface area (Å²) in [6.07, 6.45) is -2.72. The minimum atomic E-state index is -4.74. The predicted molar refractivity (Wildman–Crippen MR) is 121 cm³/mol. The molecule has 0 unspecified atom stereocenters. The Labute approximate surface area is 196 Å². The van der Waals surface area contributed by atoms with Crippen molar-refractivity contribution < 1.29 is 30.8 Å². The molecule has 0 saturated heterocycles. The van der Waals surface area contributed by atoms with Gasteiger partial charge in [0.15, 0.2) is 0 Å². The second-order valence-corrected chi connectivity index (χ2v) is 9.50. The first-order valence-electron chi connectivity index (χ1n) is 10.0. The lowest BCUT2D eigenvalue weighted by molar-refractivity contribution is -0.137. The molecule has 0 radical (unpaired) electrons. The molecule has 0 atom stereocenters. The van der Waals surface area contributed by atoms with Crippen molar-refractivity contribution in [3.8, 4) is 11.1 Å². The lowest BCUT2D eigenvalue weighted by Crippen LogP contribution is -2.32. The fourth-order valence-corrected chi connectivity index (χ4v) is 4.27. The molecule has 0 bridgehead atoms. The lowest BCUT2D eigenvalue weighted by Gasteiger charge is -2.13. The van der Waals surface area contributed by atoms with E-state index in [4.69, 9.17) is 0 Å². The molecule has 0 aliphatic heterocycles. The Morgan fingerprint density at radius 2 is 1.80 bits per heavy atom. The molecule has 12 heteroatoms. The van der Waals surface area contributed by atoms with Crippen molar-refractivity contribution in [2.45, 2.75) is 12.7 Å². The van der Waals surface area contributed by atoms with Crippen LogP contribution in [0.3, 0.4) is 0 Å². The second kappa shape index (κ2) is 8.69. The molecule has 0 aliphatic carbocycles. The van der Waals surface area contributed by atoms with E-state index < -0.39 is 44.7 Å². The molecule has 2 aromatic carbocycles. The van der Waals surface area contributed by atoms with Gasteiger partial charge in [0, 0.05) is 33.8 Å². The van der Waals surface area contributed by atoms with E-state index in [1.54, 1.807) is 4.72 Å². The first-order chi connectivity index (χ1) is 16.4. The standard InChI is InChI=1S/C23H17F4N3O4S/c1-35(33,34)29-22(32)20-19(15-6-4-10-28-21(15)31)16-11-14(23(25,26)27)8-9-18(16)30(20)12-13-5-2-3-7-17(13)24/h2-11H,12H2,1H3,(H,28,31)(H,29,32). The van der Waals surface area contributed by atoms with Crippen LogP contribution in [0.15, 0.2) is 65.6 Å². The fourth-order valence-electron chi connectivity index (χ4n) is 3.84. The summed E-state index contributed by atoms with van der Waals surface area (Å²) in [5.74, 6) is -1.83. The van der Waals surface area contributed by atoms with Gasteiger partial charge in [0.2, 0.25) is 10.0 Å². The first kappa shape index (κ1) is 24.2. The van der Waals surface area contributed by atoms with Gasteiger partial charge in [-0.25, -0.2) is 17.5 Å². The third-order valence-corrected chi connectivity index (χ3v) is 5.81. The van der Waals surface area contributed by atoms with Crippen LogP contribution in [0.1, 0.15) is 21.6 Å². The van der Waals surface area contributed by atoms with Crippen molar-refractivity contribution in [1.82, 2.24) is 14.3 Å². The van der Waals surface area contributed by atoms with Gasteiger partial charge in [-0.3, -0.25) is 9.59 Å². The van der Waals surface area contributed by atoms with Crippen LogP contribution in [-0.4, -0.2) is 30.1 Å². The lowest BCUT2D eigenvalue weighted by atomic mass is 10.0. The summed E-state index contributed by atoms with van der Waals surface area (Å²) in [6, 6.07) is 10.9. The van der Waals surface area contributed by atoms with Gasteiger partial charge >= 0.3 is 6.18 Å². The zero-order valence-corrected chi connectivity index (χ0v) is 18.8. The smallest absolute Gasteiger partial charge is 0.331 e. The summed E-state index contributed by atoms with van der Waals surface area (Å²) in [5.41, 5.74) is -2.40. The summed E-state index contributed by atoms with van der Waals surface area (Å²) in [4.78, 5) is 28.2. The molecule has 182 valence electrons. The Hall–Kier alpha value is -3.93. The molecule has 35 heavy (non-hydrogen) atoms. The van der Waals surface area contributed by atoms with Gasteiger partial charge in [-0.15, -0.1) is 0 Å². The number of fused-ring (bicyclic) bond motifs is 1. The second-order valence-electron chi connectivity index (χ2n) is 7.75. The van der Waals surface area contributed by atoms with Crippen molar-refractivity contribution >= 4 is 26.8 Å². The van der Waals surface area contributed by atoms with Gasteiger partial charge < -0.3 is 9.55 Å². The molecule has 2 heterocycles. The normalized spacial score (nSPS) is 12.1. The number of amides is 1.